The fraction of sp³-hybridized carbons (Fsp3) is 0.500. The predicted molar refractivity (Wildman–Crippen MR) is 63.3 cm³/mol. The van der Waals surface area contributed by atoms with E-state index in [1.165, 1.54) is 26.0 Å². The number of methoxy groups -OCH3 is 1. The van der Waals surface area contributed by atoms with Gasteiger partial charge in [-0.25, -0.2) is 4.39 Å². The lowest BCUT2D eigenvalue weighted by Crippen LogP contribution is -2.08. The highest BCUT2D eigenvalue weighted by atomic mass is 19.1. The van der Waals surface area contributed by atoms with Crippen LogP contribution >= 0.6 is 0 Å². The van der Waals surface area contributed by atoms with E-state index in [4.69, 9.17) is 4.74 Å². The molecule has 1 aromatic rings. The van der Waals surface area contributed by atoms with E-state index in [0.29, 0.717) is 5.92 Å². The van der Waals surface area contributed by atoms with Crippen molar-refractivity contribution in [3.8, 4) is 11.8 Å². The Kier molecular flexibility index (Phi) is 3.63. The van der Waals surface area contributed by atoms with E-state index in [-0.39, 0.29) is 17.5 Å². The fourth-order valence-corrected chi connectivity index (χ4v) is 2.62. The summed E-state index contributed by atoms with van der Waals surface area (Å²) >= 11 is 0. The Hall–Kier alpha value is -1.56. The van der Waals surface area contributed by atoms with Crippen LogP contribution in [0.15, 0.2) is 18.2 Å². The molecule has 0 amide bonds. The lowest BCUT2D eigenvalue weighted by atomic mass is 9.86. The van der Waals surface area contributed by atoms with Gasteiger partial charge in [-0.1, -0.05) is 18.9 Å². The number of hydrogen-bond acceptors (Lipinski definition) is 2. The normalized spacial score (nSPS) is 17.7. The highest BCUT2D eigenvalue weighted by molar-refractivity contribution is 5.34. The van der Waals surface area contributed by atoms with Crippen molar-refractivity contribution in [2.24, 2.45) is 5.92 Å². The number of nitrogens with zero attached hydrogens (tertiary/aromatic N) is 1. The van der Waals surface area contributed by atoms with Gasteiger partial charge < -0.3 is 4.74 Å². The maximum Gasteiger partial charge on any atom is 0.165 e. The third-order valence-electron chi connectivity index (χ3n) is 3.55. The summed E-state index contributed by atoms with van der Waals surface area (Å²) in [5.41, 5.74) is 0.776. The van der Waals surface area contributed by atoms with Crippen LogP contribution in [0.25, 0.3) is 0 Å². The molecule has 3 heteroatoms. The molecule has 0 bridgehead atoms. The second-order valence-corrected chi connectivity index (χ2v) is 4.55. The largest absolute Gasteiger partial charge is 0.494 e. The van der Waals surface area contributed by atoms with Gasteiger partial charge >= 0.3 is 0 Å². The van der Waals surface area contributed by atoms with Gasteiger partial charge in [0, 0.05) is 0 Å². The molecule has 0 radical (unpaired) electrons. The molecule has 17 heavy (non-hydrogen) atoms. The van der Waals surface area contributed by atoms with Crippen molar-refractivity contribution >= 4 is 0 Å². The molecule has 1 aliphatic rings. The quantitative estimate of drug-likeness (QED) is 0.798. The number of hydrogen-bond donors (Lipinski definition) is 0. The van der Waals surface area contributed by atoms with Gasteiger partial charge in [0.1, 0.15) is 0 Å². The molecule has 1 aliphatic carbocycles. The molecule has 0 aromatic heterocycles. The predicted octanol–water partition coefficient (Wildman–Crippen LogP) is 3.63. The molecule has 1 atom stereocenters. The van der Waals surface area contributed by atoms with E-state index in [2.05, 4.69) is 6.07 Å². The van der Waals surface area contributed by atoms with Crippen LogP contribution in [0, 0.1) is 23.1 Å². The number of rotatable bonds is 3. The zero-order valence-electron chi connectivity index (χ0n) is 9.95. The lowest BCUT2D eigenvalue weighted by Gasteiger charge is -2.17. The van der Waals surface area contributed by atoms with Gasteiger partial charge in [0.05, 0.1) is 19.1 Å². The van der Waals surface area contributed by atoms with Gasteiger partial charge in [0.25, 0.3) is 0 Å². The molecule has 90 valence electrons. The van der Waals surface area contributed by atoms with Crippen molar-refractivity contribution in [3.05, 3.63) is 29.6 Å². The topological polar surface area (TPSA) is 33.0 Å². The van der Waals surface area contributed by atoms with E-state index in [0.717, 1.165) is 18.4 Å². The molecular formula is C14H16FNO. The Balaban J connectivity index is 2.25. The minimum absolute atomic E-state index is 0.182. The fourth-order valence-electron chi connectivity index (χ4n) is 2.62. The SMILES string of the molecule is COc1ccc(C(C#N)C2CCCC2)cc1F. The molecule has 0 spiro atoms. The van der Waals surface area contributed by atoms with Crippen molar-refractivity contribution in [2.45, 2.75) is 31.6 Å². The summed E-state index contributed by atoms with van der Waals surface area (Å²) in [5.74, 6) is 0.0470. The molecule has 0 N–H and O–H groups in total. The molecule has 1 fully saturated rings. The van der Waals surface area contributed by atoms with Gasteiger partial charge in [-0.3, -0.25) is 0 Å². The van der Waals surface area contributed by atoms with Crippen LogP contribution in [0.5, 0.6) is 5.75 Å². The first-order chi connectivity index (χ1) is 8.26. The minimum atomic E-state index is -0.386. The van der Waals surface area contributed by atoms with Crippen molar-refractivity contribution in [1.29, 1.82) is 5.26 Å². The molecule has 2 rings (SSSR count). The summed E-state index contributed by atoms with van der Waals surface area (Å²) in [6.45, 7) is 0. The third-order valence-corrected chi connectivity index (χ3v) is 3.55. The average Bonchev–Trinajstić information content (AvgIpc) is 2.84. The monoisotopic (exact) mass is 233 g/mol. The molecule has 0 aliphatic heterocycles. The summed E-state index contributed by atoms with van der Waals surface area (Å²) in [6.07, 6.45) is 4.51. The van der Waals surface area contributed by atoms with Crippen LogP contribution in [0.3, 0.4) is 0 Å². The Bertz CT molecular complexity index is 432. The zero-order valence-corrected chi connectivity index (χ0v) is 9.95. The van der Waals surface area contributed by atoms with E-state index in [1.807, 2.05) is 0 Å². The number of halogens is 1. The van der Waals surface area contributed by atoms with Crippen LogP contribution in [-0.4, -0.2) is 7.11 Å². The lowest BCUT2D eigenvalue weighted by molar-refractivity contribution is 0.385. The maximum atomic E-state index is 13.6. The van der Waals surface area contributed by atoms with E-state index < -0.39 is 0 Å². The summed E-state index contributed by atoms with van der Waals surface area (Å²) in [5, 5.41) is 9.25. The van der Waals surface area contributed by atoms with E-state index in [9.17, 15) is 9.65 Å². The molecule has 0 saturated heterocycles. The third kappa shape index (κ3) is 2.41. The van der Waals surface area contributed by atoms with Crippen molar-refractivity contribution < 1.29 is 9.13 Å². The average molecular weight is 233 g/mol. The highest BCUT2D eigenvalue weighted by Crippen LogP contribution is 2.37. The Morgan fingerprint density at radius 2 is 2.12 bits per heavy atom. The van der Waals surface area contributed by atoms with Gasteiger partial charge in [0.2, 0.25) is 0 Å². The molecule has 2 nitrogen and oxygen atoms in total. The van der Waals surface area contributed by atoms with E-state index >= 15 is 0 Å². The van der Waals surface area contributed by atoms with Crippen molar-refractivity contribution in [1.82, 2.24) is 0 Å². The van der Waals surface area contributed by atoms with Gasteiger partial charge in [0.15, 0.2) is 11.6 Å². The first kappa shape index (κ1) is 11.9. The summed E-state index contributed by atoms with van der Waals surface area (Å²) in [4.78, 5) is 0. The number of benzene rings is 1. The number of nitriles is 1. The van der Waals surface area contributed by atoms with Crippen molar-refractivity contribution in [2.75, 3.05) is 7.11 Å². The van der Waals surface area contributed by atoms with Crippen LogP contribution < -0.4 is 4.74 Å². The standard InChI is InChI=1S/C14H16FNO/c1-17-14-7-6-11(8-13(14)15)12(9-16)10-4-2-3-5-10/h6-8,10,12H,2-5H2,1H3. The van der Waals surface area contributed by atoms with Crippen LogP contribution in [0.4, 0.5) is 4.39 Å². The molecule has 1 aromatic carbocycles. The first-order valence-corrected chi connectivity index (χ1v) is 5.99. The minimum Gasteiger partial charge on any atom is -0.494 e. The highest BCUT2D eigenvalue weighted by Gasteiger charge is 2.26. The summed E-state index contributed by atoms with van der Waals surface area (Å²) < 4.78 is 18.5. The summed E-state index contributed by atoms with van der Waals surface area (Å²) in [7, 11) is 1.44. The number of ether oxygens (including phenoxy) is 1. The Morgan fingerprint density at radius 3 is 2.65 bits per heavy atom. The van der Waals surface area contributed by atoms with Crippen LogP contribution in [0.1, 0.15) is 37.2 Å². The van der Waals surface area contributed by atoms with Crippen LogP contribution in [-0.2, 0) is 0 Å². The smallest absolute Gasteiger partial charge is 0.165 e. The first-order valence-electron chi connectivity index (χ1n) is 5.99. The van der Waals surface area contributed by atoms with Crippen molar-refractivity contribution in [3.63, 3.8) is 0 Å². The van der Waals surface area contributed by atoms with Gasteiger partial charge in [-0.2, -0.15) is 5.26 Å². The second kappa shape index (κ2) is 5.18. The van der Waals surface area contributed by atoms with E-state index in [1.54, 1.807) is 12.1 Å². The molecular weight excluding hydrogens is 217 g/mol. The Morgan fingerprint density at radius 1 is 1.41 bits per heavy atom. The van der Waals surface area contributed by atoms with Gasteiger partial charge in [-0.05, 0) is 36.5 Å². The summed E-state index contributed by atoms with van der Waals surface area (Å²) in [6, 6.07) is 7.15. The van der Waals surface area contributed by atoms with Gasteiger partial charge in [-0.15, -0.1) is 0 Å². The second-order valence-electron chi connectivity index (χ2n) is 4.55. The van der Waals surface area contributed by atoms with Crippen LogP contribution in [0.2, 0.25) is 0 Å². The Labute approximate surface area is 101 Å². The molecule has 1 saturated carbocycles. The maximum absolute atomic E-state index is 13.6. The zero-order chi connectivity index (χ0) is 12.3. The molecule has 0 heterocycles. The molecule has 1 unspecified atom stereocenters.